The number of aromatic nitrogens is 1. The number of methoxy groups -OCH3 is 2. The van der Waals surface area contributed by atoms with E-state index in [1.807, 2.05) is 18.2 Å². The fourth-order valence-electron chi connectivity index (χ4n) is 7.66. The third-order valence-electron chi connectivity index (χ3n) is 9.87. The average Bonchev–Trinajstić information content (AvgIpc) is 3.44. The van der Waals surface area contributed by atoms with Crippen molar-refractivity contribution in [3.8, 4) is 23.0 Å². The molecule has 0 saturated heterocycles. The fraction of sp³-hybridized carbons (Fsp3) is 0.385. The second-order valence-electron chi connectivity index (χ2n) is 12.9. The number of aryl methyl sites for hydroxylation is 1. The second-order valence-corrected chi connectivity index (χ2v) is 12.9. The van der Waals surface area contributed by atoms with Crippen LogP contribution in [0.2, 0.25) is 0 Å². The molecule has 0 bridgehead atoms. The third kappa shape index (κ3) is 7.02. The molecular formula is C39H43NO7. The number of fused-ring (bicyclic) bond motifs is 3. The number of ether oxygens (including phenoxy) is 3. The van der Waals surface area contributed by atoms with Crippen molar-refractivity contribution in [1.82, 2.24) is 4.98 Å². The molecule has 246 valence electrons. The number of phenolic OH excluding ortho intramolecular Hbond substituents is 2. The Labute approximate surface area is 275 Å². The number of nitrogens with one attached hydrogen (secondary N) is 1. The number of ketones is 1. The number of esters is 1. The Bertz CT molecular complexity index is 1770. The van der Waals surface area contributed by atoms with Gasteiger partial charge in [-0.3, -0.25) is 9.59 Å². The zero-order chi connectivity index (χ0) is 33.1. The van der Waals surface area contributed by atoms with Gasteiger partial charge in [0.05, 0.1) is 14.2 Å². The number of H-pyrrole nitrogens is 1. The standard InChI is InChI=1S/C39H43NO7/c1-23(41)47-28(14-12-24-13-15-36(43)38(16-24)45-2)19-27(42)20-30-29-10-6-4-8-25(29)17-33(31-21-37(44)39(46-3)22-32(30)31)35-18-26-9-5-7-11-34(26)40-35/h5,7,9,11,13,15-18,21-22,25,28-30,40,43-44H,4,6,8,10,12,14,19-20H2,1-3H3/t25-,28-,29+,30+/m1/s1. The minimum atomic E-state index is -0.582. The number of hydrogen-bond donors (Lipinski definition) is 3. The predicted octanol–water partition coefficient (Wildman–Crippen LogP) is 7.85. The van der Waals surface area contributed by atoms with Crippen LogP contribution in [0.15, 0.2) is 66.7 Å². The number of phenols is 2. The van der Waals surface area contributed by atoms with Gasteiger partial charge in [-0.05, 0) is 96.5 Å². The molecular weight excluding hydrogens is 594 g/mol. The molecule has 47 heavy (non-hydrogen) atoms. The molecule has 0 aliphatic heterocycles. The van der Waals surface area contributed by atoms with Gasteiger partial charge in [-0.25, -0.2) is 0 Å². The summed E-state index contributed by atoms with van der Waals surface area (Å²) in [4.78, 5) is 29.7. The number of hydrogen-bond acceptors (Lipinski definition) is 7. The van der Waals surface area contributed by atoms with Crippen LogP contribution in [0, 0.1) is 11.8 Å². The van der Waals surface area contributed by atoms with Gasteiger partial charge in [0, 0.05) is 41.9 Å². The van der Waals surface area contributed by atoms with Crippen LogP contribution in [0.3, 0.4) is 0 Å². The largest absolute Gasteiger partial charge is 0.504 e. The second kappa shape index (κ2) is 14.0. The van der Waals surface area contributed by atoms with Crippen LogP contribution in [-0.4, -0.2) is 47.3 Å². The van der Waals surface area contributed by atoms with Gasteiger partial charge in [0.15, 0.2) is 23.0 Å². The first kappa shape index (κ1) is 32.2. The smallest absolute Gasteiger partial charge is 0.302 e. The van der Waals surface area contributed by atoms with Crippen LogP contribution in [0.1, 0.15) is 80.2 Å². The number of carbonyl (C=O) groups is 2. The van der Waals surface area contributed by atoms with E-state index in [1.54, 1.807) is 31.4 Å². The summed E-state index contributed by atoms with van der Waals surface area (Å²) in [5.74, 6) is 0.869. The molecule has 2 aliphatic rings. The molecule has 1 heterocycles. The van der Waals surface area contributed by atoms with E-state index in [2.05, 4.69) is 29.3 Å². The summed E-state index contributed by atoms with van der Waals surface area (Å²) < 4.78 is 16.5. The number of allylic oxidation sites excluding steroid dienone is 1. The van der Waals surface area contributed by atoms with Gasteiger partial charge in [0.2, 0.25) is 0 Å². The minimum absolute atomic E-state index is 0.0286. The van der Waals surface area contributed by atoms with Gasteiger partial charge in [0.25, 0.3) is 0 Å². The van der Waals surface area contributed by atoms with Crippen LogP contribution >= 0.6 is 0 Å². The Morgan fingerprint density at radius 2 is 1.70 bits per heavy atom. The van der Waals surface area contributed by atoms with Gasteiger partial charge in [-0.15, -0.1) is 0 Å². The monoisotopic (exact) mass is 637 g/mol. The summed E-state index contributed by atoms with van der Waals surface area (Å²) in [6.45, 7) is 1.37. The zero-order valence-electron chi connectivity index (χ0n) is 27.3. The normalized spacial score (nSPS) is 19.6. The molecule has 0 unspecified atom stereocenters. The van der Waals surface area contributed by atoms with Crippen LogP contribution < -0.4 is 9.47 Å². The van der Waals surface area contributed by atoms with E-state index in [4.69, 9.17) is 14.2 Å². The highest BCUT2D eigenvalue weighted by Gasteiger charge is 2.38. The lowest BCUT2D eigenvalue weighted by molar-refractivity contribution is -0.147. The van der Waals surface area contributed by atoms with Crippen molar-refractivity contribution in [3.05, 3.63) is 89.1 Å². The van der Waals surface area contributed by atoms with Gasteiger partial charge >= 0.3 is 5.97 Å². The molecule has 1 saturated carbocycles. The summed E-state index contributed by atoms with van der Waals surface area (Å²) in [7, 11) is 3.04. The van der Waals surface area contributed by atoms with Crippen LogP contribution in [0.25, 0.3) is 16.5 Å². The van der Waals surface area contributed by atoms with Crippen LogP contribution in [0.5, 0.6) is 23.0 Å². The van der Waals surface area contributed by atoms with Gasteiger partial charge in [-0.1, -0.05) is 43.2 Å². The van der Waals surface area contributed by atoms with Crippen molar-refractivity contribution in [1.29, 1.82) is 0 Å². The van der Waals surface area contributed by atoms with E-state index in [0.717, 1.165) is 64.5 Å². The minimum Gasteiger partial charge on any atom is -0.504 e. The van der Waals surface area contributed by atoms with Crippen molar-refractivity contribution in [3.63, 3.8) is 0 Å². The van der Waals surface area contributed by atoms with Crippen molar-refractivity contribution in [2.45, 2.75) is 70.3 Å². The lowest BCUT2D eigenvalue weighted by atomic mass is 9.69. The SMILES string of the molecule is COc1cc(CC[C@H](CC(=O)C[C@@H]2c3cc(OC)c(O)cc3C(c3cc4ccccc4[nH]3)=C[C@H]3CCCC[C@H]23)OC(C)=O)ccc1O. The van der Waals surface area contributed by atoms with Crippen molar-refractivity contribution >= 4 is 28.2 Å². The van der Waals surface area contributed by atoms with Gasteiger partial charge in [-0.2, -0.15) is 0 Å². The summed E-state index contributed by atoms with van der Waals surface area (Å²) in [6.07, 6.45) is 7.43. The van der Waals surface area contributed by atoms with Crippen LogP contribution in [0.4, 0.5) is 0 Å². The topological polar surface area (TPSA) is 118 Å². The predicted molar refractivity (Wildman–Crippen MR) is 181 cm³/mol. The maximum absolute atomic E-state index is 14.0. The Balaban J connectivity index is 1.31. The summed E-state index contributed by atoms with van der Waals surface area (Å²) in [6, 6.07) is 19.2. The van der Waals surface area contributed by atoms with Crippen molar-refractivity contribution in [2.24, 2.45) is 11.8 Å². The Kier molecular flexibility index (Phi) is 9.57. The highest BCUT2D eigenvalue weighted by molar-refractivity contribution is 5.90. The maximum atomic E-state index is 14.0. The van der Waals surface area contributed by atoms with Crippen molar-refractivity contribution in [2.75, 3.05) is 14.2 Å². The lowest BCUT2D eigenvalue weighted by Crippen LogP contribution is -2.27. The maximum Gasteiger partial charge on any atom is 0.302 e. The molecule has 4 aromatic rings. The van der Waals surface area contributed by atoms with E-state index < -0.39 is 12.1 Å². The first-order valence-electron chi connectivity index (χ1n) is 16.5. The number of aromatic hydroxyl groups is 2. The number of para-hydroxylation sites is 1. The zero-order valence-corrected chi connectivity index (χ0v) is 27.3. The lowest BCUT2D eigenvalue weighted by Gasteiger charge is -2.35. The van der Waals surface area contributed by atoms with E-state index in [-0.39, 0.29) is 41.5 Å². The molecule has 3 aromatic carbocycles. The first-order chi connectivity index (χ1) is 22.7. The van der Waals surface area contributed by atoms with E-state index in [1.165, 1.54) is 14.0 Å². The molecule has 0 amide bonds. The molecule has 3 N–H and O–H groups in total. The van der Waals surface area contributed by atoms with E-state index in [0.29, 0.717) is 30.8 Å². The Hall–Kier alpha value is -4.72. The van der Waals surface area contributed by atoms with E-state index in [9.17, 15) is 19.8 Å². The highest BCUT2D eigenvalue weighted by atomic mass is 16.5. The third-order valence-corrected chi connectivity index (χ3v) is 9.87. The number of rotatable bonds is 11. The number of aromatic amines is 1. The van der Waals surface area contributed by atoms with Crippen molar-refractivity contribution < 1.29 is 34.0 Å². The number of benzene rings is 3. The summed E-state index contributed by atoms with van der Waals surface area (Å²) in [5, 5.41) is 22.1. The first-order valence-corrected chi connectivity index (χ1v) is 16.5. The quantitative estimate of drug-likeness (QED) is 0.143. The fourth-order valence-corrected chi connectivity index (χ4v) is 7.66. The van der Waals surface area contributed by atoms with Gasteiger partial charge < -0.3 is 29.4 Å². The summed E-state index contributed by atoms with van der Waals surface area (Å²) >= 11 is 0. The molecule has 1 aromatic heterocycles. The molecule has 8 nitrogen and oxygen atoms in total. The summed E-state index contributed by atoms with van der Waals surface area (Å²) in [5.41, 5.74) is 5.86. The van der Waals surface area contributed by atoms with Crippen LogP contribution in [-0.2, 0) is 20.7 Å². The molecule has 6 rings (SSSR count). The van der Waals surface area contributed by atoms with E-state index >= 15 is 0 Å². The Morgan fingerprint density at radius 3 is 2.47 bits per heavy atom. The average molecular weight is 638 g/mol. The van der Waals surface area contributed by atoms with Gasteiger partial charge in [0.1, 0.15) is 11.9 Å². The molecule has 2 aliphatic carbocycles. The molecule has 0 radical (unpaired) electrons. The highest BCUT2D eigenvalue weighted by Crippen LogP contribution is 2.51. The molecule has 4 atom stereocenters. The molecule has 1 fully saturated rings. The number of Topliss-reactive ketones (excluding diaryl/α,β-unsaturated/α-hetero) is 1. The molecule has 8 heteroatoms. The Morgan fingerprint density at radius 1 is 0.936 bits per heavy atom. The molecule has 0 spiro atoms. The number of carbonyl (C=O) groups excluding carboxylic acids is 2.